The van der Waals surface area contributed by atoms with E-state index in [2.05, 4.69) is 51.2 Å². The Balaban J connectivity index is 2.63. The predicted octanol–water partition coefficient (Wildman–Crippen LogP) is 3.39. The molecule has 0 aromatic heterocycles. The van der Waals surface area contributed by atoms with E-state index in [4.69, 9.17) is 4.74 Å². The highest BCUT2D eigenvalue weighted by Crippen LogP contribution is 2.19. The van der Waals surface area contributed by atoms with Crippen LogP contribution in [-0.2, 0) is 0 Å². The van der Waals surface area contributed by atoms with Crippen LogP contribution in [0.25, 0.3) is 0 Å². The minimum Gasteiger partial charge on any atom is -0.493 e. The molecule has 90 valence electrons. The average Bonchev–Trinajstić information content (AvgIpc) is 2.27. The van der Waals surface area contributed by atoms with Gasteiger partial charge in [0, 0.05) is 6.04 Å². The molecule has 0 radical (unpaired) electrons. The van der Waals surface area contributed by atoms with Crippen LogP contribution in [0.3, 0.4) is 0 Å². The molecule has 0 saturated heterocycles. The molecule has 0 spiro atoms. The van der Waals surface area contributed by atoms with Gasteiger partial charge in [-0.15, -0.1) is 0 Å². The second kappa shape index (κ2) is 6.54. The first-order chi connectivity index (χ1) is 7.63. The van der Waals surface area contributed by atoms with E-state index in [9.17, 15) is 0 Å². The van der Waals surface area contributed by atoms with Crippen molar-refractivity contribution in [3.05, 3.63) is 29.8 Å². The van der Waals surface area contributed by atoms with E-state index in [-0.39, 0.29) is 0 Å². The molecule has 0 aliphatic heterocycles. The van der Waals surface area contributed by atoms with Gasteiger partial charge in [0.1, 0.15) is 5.75 Å². The molecule has 2 nitrogen and oxygen atoms in total. The van der Waals surface area contributed by atoms with Crippen LogP contribution in [0, 0.1) is 5.92 Å². The Morgan fingerprint density at radius 1 is 1.25 bits per heavy atom. The topological polar surface area (TPSA) is 21.3 Å². The normalized spacial score (nSPS) is 12.8. The van der Waals surface area contributed by atoms with Crippen molar-refractivity contribution in [1.29, 1.82) is 0 Å². The molecule has 0 fully saturated rings. The van der Waals surface area contributed by atoms with Crippen LogP contribution in [0.4, 0.5) is 0 Å². The highest BCUT2D eigenvalue weighted by atomic mass is 16.5. The van der Waals surface area contributed by atoms with Gasteiger partial charge < -0.3 is 10.1 Å². The zero-order valence-electron chi connectivity index (χ0n) is 10.8. The molecule has 1 aromatic carbocycles. The first kappa shape index (κ1) is 13.0. The number of benzene rings is 1. The minimum atomic E-state index is 0.382. The summed E-state index contributed by atoms with van der Waals surface area (Å²) >= 11 is 0. The van der Waals surface area contributed by atoms with Gasteiger partial charge in [0.05, 0.1) is 6.61 Å². The Hall–Kier alpha value is -1.02. The highest BCUT2D eigenvalue weighted by molar-refractivity contribution is 5.30. The van der Waals surface area contributed by atoms with Crippen LogP contribution in [-0.4, -0.2) is 13.2 Å². The molecule has 0 heterocycles. The third-order valence-electron chi connectivity index (χ3n) is 2.45. The zero-order chi connectivity index (χ0) is 12.0. The summed E-state index contributed by atoms with van der Waals surface area (Å²) in [4.78, 5) is 0. The van der Waals surface area contributed by atoms with Gasteiger partial charge in [-0.3, -0.25) is 0 Å². The van der Waals surface area contributed by atoms with Crippen molar-refractivity contribution in [1.82, 2.24) is 5.32 Å². The van der Waals surface area contributed by atoms with Crippen molar-refractivity contribution >= 4 is 0 Å². The Morgan fingerprint density at radius 2 is 2.00 bits per heavy atom. The second-order valence-corrected chi connectivity index (χ2v) is 4.56. The SMILES string of the molecule is CCN[C@H](C)c1cccc(OCC(C)C)c1. The molecule has 1 rings (SSSR count). The predicted molar refractivity (Wildman–Crippen MR) is 68.9 cm³/mol. The van der Waals surface area contributed by atoms with Gasteiger partial charge in [-0.2, -0.15) is 0 Å². The van der Waals surface area contributed by atoms with E-state index in [1.807, 2.05) is 6.07 Å². The quantitative estimate of drug-likeness (QED) is 0.795. The molecule has 0 unspecified atom stereocenters. The summed E-state index contributed by atoms with van der Waals surface area (Å²) in [7, 11) is 0. The van der Waals surface area contributed by atoms with E-state index in [0.717, 1.165) is 18.9 Å². The largest absolute Gasteiger partial charge is 0.493 e. The van der Waals surface area contributed by atoms with Crippen LogP contribution in [0.15, 0.2) is 24.3 Å². The number of rotatable bonds is 6. The zero-order valence-corrected chi connectivity index (χ0v) is 10.8. The molecular formula is C14H23NO. The van der Waals surface area contributed by atoms with Crippen LogP contribution >= 0.6 is 0 Å². The van der Waals surface area contributed by atoms with Gasteiger partial charge in [-0.25, -0.2) is 0 Å². The number of nitrogens with one attached hydrogen (secondary N) is 1. The van der Waals surface area contributed by atoms with Crippen LogP contribution in [0.1, 0.15) is 39.3 Å². The number of hydrogen-bond acceptors (Lipinski definition) is 2. The van der Waals surface area contributed by atoms with Gasteiger partial charge in [0.15, 0.2) is 0 Å². The van der Waals surface area contributed by atoms with E-state index in [1.165, 1.54) is 5.56 Å². The fourth-order valence-corrected chi connectivity index (χ4v) is 1.56. The monoisotopic (exact) mass is 221 g/mol. The molecule has 1 N–H and O–H groups in total. The van der Waals surface area contributed by atoms with Crippen molar-refractivity contribution in [2.24, 2.45) is 5.92 Å². The summed E-state index contributed by atoms with van der Waals surface area (Å²) in [5, 5.41) is 3.40. The standard InChI is InChI=1S/C14H23NO/c1-5-15-12(4)13-7-6-8-14(9-13)16-10-11(2)3/h6-9,11-12,15H,5,10H2,1-4H3/t12-/m1/s1. The summed E-state index contributed by atoms with van der Waals surface area (Å²) in [6.07, 6.45) is 0. The maximum atomic E-state index is 5.71. The number of hydrogen-bond donors (Lipinski definition) is 1. The maximum Gasteiger partial charge on any atom is 0.119 e. The molecule has 0 bridgehead atoms. The van der Waals surface area contributed by atoms with E-state index >= 15 is 0 Å². The van der Waals surface area contributed by atoms with Gasteiger partial charge in [0.2, 0.25) is 0 Å². The lowest BCUT2D eigenvalue weighted by atomic mass is 10.1. The fourth-order valence-electron chi connectivity index (χ4n) is 1.56. The van der Waals surface area contributed by atoms with Crippen LogP contribution in [0.2, 0.25) is 0 Å². The van der Waals surface area contributed by atoms with E-state index in [1.54, 1.807) is 0 Å². The summed E-state index contributed by atoms with van der Waals surface area (Å²) < 4.78 is 5.71. The van der Waals surface area contributed by atoms with Crippen molar-refractivity contribution < 1.29 is 4.74 Å². The Bertz CT molecular complexity index is 309. The van der Waals surface area contributed by atoms with Gasteiger partial charge in [0.25, 0.3) is 0 Å². The van der Waals surface area contributed by atoms with Crippen molar-refractivity contribution in [2.45, 2.75) is 33.7 Å². The van der Waals surface area contributed by atoms with Crippen LogP contribution in [0.5, 0.6) is 5.75 Å². The van der Waals surface area contributed by atoms with Crippen molar-refractivity contribution in [3.63, 3.8) is 0 Å². The number of ether oxygens (including phenoxy) is 1. The van der Waals surface area contributed by atoms with Gasteiger partial charge >= 0.3 is 0 Å². The average molecular weight is 221 g/mol. The Labute approximate surface area is 99.0 Å². The second-order valence-electron chi connectivity index (χ2n) is 4.56. The lowest BCUT2D eigenvalue weighted by molar-refractivity contribution is 0.270. The smallest absolute Gasteiger partial charge is 0.119 e. The fraction of sp³-hybridized carbons (Fsp3) is 0.571. The molecule has 0 saturated carbocycles. The molecule has 16 heavy (non-hydrogen) atoms. The Kier molecular flexibility index (Phi) is 5.33. The molecule has 0 aliphatic rings. The first-order valence-electron chi connectivity index (χ1n) is 6.09. The van der Waals surface area contributed by atoms with E-state index in [0.29, 0.717) is 12.0 Å². The van der Waals surface area contributed by atoms with Crippen LogP contribution < -0.4 is 10.1 Å². The van der Waals surface area contributed by atoms with Crippen molar-refractivity contribution in [2.75, 3.05) is 13.2 Å². The third-order valence-corrected chi connectivity index (χ3v) is 2.45. The molecule has 1 aromatic rings. The lowest BCUT2D eigenvalue weighted by Crippen LogP contribution is -2.17. The van der Waals surface area contributed by atoms with E-state index < -0.39 is 0 Å². The summed E-state index contributed by atoms with van der Waals surface area (Å²) in [6.45, 7) is 10.4. The Morgan fingerprint density at radius 3 is 2.62 bits per heavy atom. The third kappa shape index (κ3) is 4.23. The molecule has 0 amide bonds. The van der Waals surface area contributed by atoms with Crippen molar-refractivity contribution in [3.8, 4) is 5.75 Å². The first-order valence-corrected chi connectivity index (χ1v) is 6.09. The van der Waals surface area contributed by atoms with Gasteiger partial charge in [-0.05, 0) is 37.1 Å². The molecule has 0 aliphatic carbocycles. The molecule has 2 heteroatoms. The minimum absolute atomic E-state index is 0.382. The maximum absolute atomic E-state index is 5.71. The molecule has 1 atom stereocenters. The summed E-state index contributed by atoms with van der Waals surface area (Å²) in [5.74, 6) is 1.53. The summed E-state index contributed by atoms with van der Waals surface area (Å²) in [6, 6.07) is 8.71. The summed E-state index contributed by atoms with van der Waals surface area (Å²) in [5.41, 5.74) is 1.28. The highest BCUT2D eigenvalue weighted by Gasteiger charge is 2.05. The lowest BCUT2D eigenvalue weighted by Gasteiger charge is -2.15. The van der Waals surface area contributed by atoms with Gasteiger partial charge in [-0.1, -0.05) is 32.9 Å². The molecular weight excluding hydrogens is 198 g/mol.